The van der Waals surface area contributed by atoms with E-state index in [0.29, 0.717) is 11.1 Å². The fourth-order valence-electron chi connectivity index (χ4n) is 9.18. The molecule has 3 aromatic carbocycles. The van der Waals surface area contributed by atoms with E-state index in [1.54, 1.807) is 0 Å². The monoisotopic (exact) mass is 639 g/mol. The number of nitrogens with zero attached hydrogens (tertiary/aromatic N) is 1. The fraction of sp³-hybridized carbons (Fsp3) is 0.459. The van der Waals surface area contributed by atoms with Crippen molar-refractivity contribution in [2.45, 2.75) is 82.2 Å². The summed E-state index contributed by atoms with van der Waals surface area (Å²) in [7, 11) is 0. The summed E-state index contributed by atoms with van der Waals surface area (Å²) in [6.45, 7) is 6.45. The van der Waals surface area contributed by atoms with Crippen LogP contribution >= 0.6 is 15.9 Å². The number of rotatable bonds is 7. The van der Waals surface area contributed by atoms with Gasteiger partial charge < -0.3 is 4.74 Å². The van der Waals surface area contributed by atoms with Crippen molar-refractivity contribution in [2.75, 3.05) is 6.61 Å². The highest BCUT2D eigenvalue weighted by molar-refractivity contribution is 9.10. The molecule has 8 rings (SSSR count). The largest absolute Gasteiger partial charge is 0.487 e. The van der Waals surface area contributed by atoms with E-state index in [0.717, 1.165) is 45.5 Å². The molecular weight excluding hydrogens is 598 g/mol. The molecule has 1 atom stereocenters. The molecule has 5 nitrogen and oxygen atoms in total. The smallest absolute Gasteiger partial charge is 0.264 e. The predicted octanol–water partition coefficient (Wildman–Crippen LogP) is 7.66. The van der Waals surface area contributed by atoms with Crippen LogP contribution in [-0.4, -0.2) is 23.8 Å². The Labute approximate surface area is 264 Å². The van der Waals surface area contributed by atoms with E-state index in [9.17, 15) is 4.79 Å². The van der Waals surface area contributed by atoms with Crippen LogP contribution in [0.2, 0.25) is 0 Å². The topological polar surface area (TPSA) is 62.7 Å². The highest BCUT2D eigenvalue weighted by atomic mass is 79.9. The number of carbonyl (C=O) groups is 1. The van der Waals surface area contributed by atoms with Gasteiger partial charge in [-0.15, -0.1) is 0 Å². The van der Waals surface area contributed by atoms with E-state index in [1.165, 1.54) is 49.7 Å². The molecule has 0 aromatic heterocycles. The lowest BCUT2D eigenvalue weighted by molar-refractivity contribution is -0.128. The van der Waals surface area contributed by atoms with Gasteiger partial charge in [0.2, 0.25) is 0 Å². The van der Waals surface area contributed by atoms with Gasteiger partial charge in [-0.1, -0.05) is 64.5 Å². The van der Waals surface area contributed by atoms with Gasteiger partial charge in [0.05, 0.1) is 0 Å². The van der Waals surface area contributed by atoms with Gasteiger partial charge in [-0.05, 0) is 130 Å². The molecule has 5 aliphatic rings. The molecule has 0 radical (unpaired) electrons. The number of hydrogen-bond acceptors (Lipinski definition) is 4. The fourth-order valence-corrected chi connectivity index (χ4v) is 9.44. The van der Waals surface area contributed by atoms with Crippen LogP contribution < -0.4 is 15.5 Å². The molecule has 3 aromatic rings. The highest BCUT2D eigenvalue weighted by Crippen LogP contribution is 2.60. The van der Waals surface area contributed by atoms with Gasteiger partial charge >= 0.3 is 0 Å². The van der Waals surface area contributed by atoms with Gasteiger partial charge in [-0.2, -0.15) is 5.10 Å². The Morgan fingerprint density at radius 3 is 2.19 bits per heavy atom. The van der Waals surface area contributed by atoms with Crippen molar-refractivity contribution in [1.29, 1.82) is 0 Å². The van der Waals surface area contributed by atoms with E-state index >= 15 is 0 Å². The first-order valence-electron chi connectivity index (χ1n) is 15.8. The zero-order valence-electron chi connectivity index (χ0n) is 25.5. The van der Waals surface area contributed by atoms with E-state index in [-0.39, 0.29) is 18.1 Å². The van der Waals surface area contributed by atoms with Gasteiger partial charge in [0.15, 0.2) is 0 Å². The molecule has 6 heteroatoms. The third-order valence-electron chi connectivity index (χ3n) is 10.6. The number of hydrazone groups is 1. The number of ether oxygens (including phenoxy) is 1. The molecule has 1 amide bonds. The SMILES string of the molecule is CC1(C)Cc2ccccc2[C@@](C)(C(=O)N/N=C(/COc2ccc(C34CC5CC(CC(C5)C3)C4)cc2)c2ccc(Br)cc2)N1. The van der Waals surface area contributed by atoms with E-state index < -0.39 is 5.54 Å². The second-order valence-electron chi connectivity index (χ2n) is 14.5. The molecule has 0 unspecified atom stereocenters. The summed E-state index contributed by atoms with van der Waals surface area (Å²) in [5.41, 5.74) is 7.35. The summed E-state index contributed by atoms with van der Waals surface area (Å²) in [5, 5.41) is 8.25. The van der Waals surface area contributed by atoms with Crippen molar-refractivity contribution < 1.29 is 9.53 Å². The molecule has 1 aliphatic heterocycles. The number of benzene rings is 3. The number of fused-ring (bicyclic) bond motifs is 1. The van der Waals surface area contributed by atoms with Crippen LogP contribution in [0, 0.1) is 17.8 Å². The van der Waals surface area contributed by atoms with Crippen LogP contribution in [0.5, 0.6) is 5.75 Å². The summed E-state index contributed by atoms with van der Waals surface area (Å²) < 4.78 is 7.29. The minimum atomic E-state index is -0.916. The third-order valence-corrected chi connectivity index (χ3v) is 11.1. The lowest BCUT2D eigenvalue weighted by atomic mass is 9.48. The van der Waals surface area contributed by atoms with Crippen LogP contribution in [0.15, 0.2) is 82.4 Å². The minimum absolute atomic E-state index is 0.192. The molecule has 4 saturated carbocycles. The van der Waals surface area contributed by atoms with Crippen LogP contribution in [0.4, 0.5) is 0 Å². The molecule has 43 heavy (non-hydrogen) atoms. The average molecular weight is 641 g/mol. The van der Waals surface area contributed by atoms with Crippen molar-refractivity contribution in [3.05, 3.63) is 99.5 Å². The highest BCUT2D eigenvalue weighted by Gasteiger charge is 2.51. The van der Waals surface area contributed by atoms with Crippen molar-refractivity contribution in [3.8, 4) is 5.75 Å². The maximum Gasteiger partial charge on any atom is 0.264 e. The number of hydrogen-bond donors (Lipinski definition) is 2. The Morgan fingerprint density at radius 2 is 1.53 bits per heavy atom. The molecule has 4 aliphatic carbocycles. The number of amides is 1. The first-order chi connectivity index (χ1) is 20.6. The van der Waals surface area contributed by atoms with Gasteiger partial charge in [0.1, 0.15) is 23.6 Å². The zero-order valence-corrected chi connectivity index (χ0v) is 27.0. The quantitative estimate of drug-likeness (QED) is 0.206. The van der Waals surface area contributed by atoms with Gasteiger partial charge in [0.25, 0.3) is 5.91 Å². The standard InChI is InChI=1S/C37H42BrN3O2/c1-35(2)22-28-6-4-5-7-32(28)36(3,41-35)34(42)40-39-33(27-8-12-30(38)13-9-27)23-43-31-14-10-29(11-15-31)37-19-24-16-25(20-37)18-26(17-24)21-37/h4-15,24-26,41H,16-23H2,1-3H3,(H,40,42)/b39-33-/t24?,25?,26?,36-,37?/m0/s1. The van der Waals surface area contributed by atoms with Crippen molar-refractivity contribution in [3.63, 3.8) is 0 Å². The van der Waals surface area contributed by atoms with Crippen LogP contribution in [-0.2, 0) is 22.2 Å². The van der Waals surface area contributed by atoms with E-state index in [4.69, 9.17) is 4.74 Å². The Bertz CT molecular complexity index is 1510. The second-order valence-corrected chi connectivity index (χ2v) is 15.4. The van der Waals surface area contributed by atoms with Gasteiger partial charge in [-0.3, -0.25) is 10.1 Å². The average Bonchev–Trinajstić information content (AvgIpc) is 2.96. The number of halogens is 1. The van der Waals surface area contributed by atoms with Gasteiger partial charge in [0, 0.05) is 15.6 Å². The van der Waals surface area contributed by atoms with Crippen molar-refractivity contribution in [1.82, 2.24) is 10.7 Å². The predicted molar refractivity (Wildman–Crippen MR) is 175 cm³/mol. The summed E-state index contributed by atoms with van der Waals surface area (Å²) in [6.07, 6.45) is 9.28. The number of nitrogens with one attached hydrogen (secondary N) is 2. The first kappa shape index (κ1) is 28.8. The molecule has 4 bridgehead atoms. The Kier molecular flexibility index (Phi) is 7.29. The maximum absolute atomic E-state index is 13.8. The molecule has 0 saturated heterocycles. The summed E-state index contributed by atoms with van der Waals surface area (Å²) >= 11 is 3.53. The lowest BCUT2D eigenvalue weighted by Gasteiger charge is -2.57. The third kappa shape index (κ3) is 5.57. The normalized spacial score (nSPS) is 30.5. The van der Waals surface area contributed by atoms with Crippen LogP contribution in [0.25, 0.3) is 0 Å². The Balaban J connectivity index is 1.10. The summed E-state index contributed by atoms with van der Waals surface area (Å²) in [4.78, 5) is 13.8. The van der Waals surface area contributed by atoms with Crippen molar-refractivity contribution in [2.24, 2.45) is 22.9 Å². The maximum atomic E-state index is 13.8. The number of carbonyl (C=O) groups excluding carboxylic acids is 1. The first-order valence-corrected chi connectivity index (χ1v) is 16.6. The molecular formula is C37H42BrN3O2. The molecule has 224 valence electrons. The Morgan fingerprint density at radius 1 is 0.907 bits per heavy atom. The summed E-state index contributed by atoms with van der Waals surface area (Å²) in [5.74, 6) is 3.40. The molecule has 1 heterocycles. The molecule has 0 spiro atoms. The minimum Gasteiger partial charge on any atom is -0.487 e. The zero-order chi connectivity index (χ0) is 29.8. The van der Waals surface area contributed by atoms with Crippen LogP contribution in [0.1, 0.15) is 81.5 Å². The second kappa shape index (κ2) is 10.9. The summed E-state index contributed by atoms with van der Waals surface area (Å²) in [6, 6.07) is 25.0. The van der Waals surface area contributed by atoms with E-state index in [2.05, 4.69) is 76.0 Å². The molecule has 4 fully saturated rings. The van der Waals surface area contributed by atoms with Crippen molar-refractivity contribution >= 4 is 27.5 Å². The van der Waals surface area contributed by atoms with Crippen LogP contribution in [0.3, 0.4) is 0 Å². The Hall–Kier alpha value is -2.96. The van der Waals surface area contributed by atoms with E-state index in [1.807, 2.05) is 49.4 Å². The molecule has 2 N–H and O–H groups in total. The lowest BCUT2D eigenvalue weighted by Crippen LogP contribution is -2.62. The van der Waals surface area contributed by atoms with Gasteiger partial charge in [-0.25, -0.2) is 5.43 Å².